The fraction of sp³-hybridized carbons (Fsp3) is 0.700. The summed E-state index contributed by atoms with van der Waals surface area (Å²) in [5.74, 6) is 0.250. The molecule has 1 fully saturated rings. The molecule has 3 N–H and O–H groups in total. The number of aliphatic hydroxyl groups excluding tert-OH is 2. The lowest BCUT2D eigenvalue weighted by molar-refractivity contribution is -0.147. The molecule has 2 aromatic rings. The van der Waals surface area contributed by atoms with Crippen LogP contribution in [-0.4, -0.2) is 78.5 Å². The number of amides is 1. The summed E-state index contributed by atoms with van der Waals surface area (Å²) in [7, 11) is 1.67. The van der Waals surface area contributed by atoms with Crippen molar-refractivity contribution in [2.45, 2.75) is 77.0 Å². The Morgan fingerprint density at radius 1 is 1.23 bits per heavy atom. The van der Waals surface area contributed by atoms with Gasteiger partial charge in [0.15, 0.2) is 29.3 Å². The number of imidazole rings is 1. The number of nitrogens with one attached hydrogen (secondary N) is 1. The minimum Gasteiger partial charge on any atom is -0.387 e. The zero-order valence-corrected chi connectivity index (χ0v) is 18.0. The van der Waals surface area contributed by atoms with Crippen molar-refractivity contribution in [1.82, 2.24) is 24.4 Å². The normalized spacial score (nSPS) is 24.0. The fourth-order valence-electron chi connectivity index (χ4n) is 3.65. The summed E-state index contributed by atoms with van der Waals surface area (Å²) in [5, 5.41) is 24.4. The molecule has 0 bridgehead atoms. The first-order valence-electron chi connectivity index (χ1n) is 10.6. The molecule has 3 rings (SSSR count). The van der Waals surface area contributed by atoms with Crippen LogP contribution in [0.5, 0.6) is 0 Å². The predicted molar refractivity (Wildman–Crippen MR) is 112 cm³/mol. The number of rotatable bonds is 9. The molecule has 1 aliphatic heterocycles. The Bertz CT molecular complexity index is 855. The van der Waals surface area contributed by atoms with E-state index in [2.05, 4.69) is 34.1 Å². The first kappa shape index (κ1) is 22.4. The van der Waals surface area contributed by atoms with Gasteiger partial charge in [-0.15, -0.1) is 0 Å². The Morgan fingerprint density at radius 2 is 1.97 bits per heavy atom. The van der Waals surface area contributed by atoms with Crippen molar-refractivity contribution in [3.05, 3.63) is 12.7 Å². The van der Waals surface area contributed by atoms with Gasteiger partial charge in [-0.2, -0.15) is 0 Å². The molecule has 0 aromatic carbocycles. The number of fused-ring (bicyclic) bond motifs is 1. The molecular formula is C20H32N6O4. The van der Waals surface area contributed by atoms with Crippen LogP contribution < -0.4 is 5.32 Å². The highest BCUT2D eigenvalue weighted by Gasteiger charge is 2.48. The molecule has 3 heterocycles. The smallest absolute Gasteiger partial charge is 0.254 e. The molecular weight excluding hydrogens is 388 g/mol. The van der Waals surface area contributed by atoms with Gasteiger partial charge in [-0.05, 0) is 19.3 Å². The van der Waals surface area contributed by atoms with Gasteiger partial charge >= 0.3 is 0 Å². The third-order valence-corrected chi connectivity index (χ3v) is 5.66. The molecule has 1 aliphatic rings. The summed E-state index contributed by atoms with van der Waals surface area (Å²) in [6.07, 6.45) is 1.84. The number of carbonyl (C=O) groups excluding carboxylic acids is 1. The Kier molecular flexibility index (Phi) is 7.22. The molecule has 30 heavy (non-hydrogen) atoms. The summed E-state index contributed by atoms with van der Waals surface area (Å²) in [6, 6.07) is 0.254. The van der Waals surface area contributed by atoms with E-state index in [4.69, 9.17) is 4.74 Å². The second kappa shape index (κ2) is 9.67. The lowest BCUT2D eigenvalue weighted by Crippen LogP contribution is -2.43. The number of unbranched alkanes of at least 4 members (excludes halogenated alkanes) is 1. The molecule has 166 valence electrons. The van der Waals surface area contributed by atoms with E-state index in [-0.39, 0.29) is 11.9 Å². The monoisotopic (exact) mass is 420 g/mol. The Hall–Kier alpha value is -2.30. The number of hydrogen-bond donors (Lipinski definition) is 3. The molecule has 1 saturated heterocycles. The number of aromatic nitrogens is 4. The molecule has 2 aromatic heterocycles. The van der Waals surface area contributed by atoms with Crippen molar-refractivity contribution >= 4 is 22.9 Å². The highest BCUT2D eigenvalue weighted by Crippen LogP contribution is 2.33. The van der Waals surface area contributed by atoms with Crippen LogP contribution in [0, 0.1) is 0 Å². The van der Waals surface area contributed by atoms with E-state index in [1.807, 2.05) is 6.92 Å². The first-order valence-corrected chi connectivity index (χ1v) is 10.6. The number of nitrogens with zero attached hydrogens (tertiary/aromatic N) is 5. The number of aliphatic hydroxyl groups is 2. The lowest BCUT2D eigenvalue weighted by Gasteiger charge is -2.22. The standard InChI is InChI=1S/C20H32N6O4/c1-5-8-9-25(4)19(29)16-14(27)15(28)20(30-16)26-11-23-13-17(21-10-22-18(13)26)24-12(6-2)7-3/h10-12,14-16,20,27-28H,5-9H2,1-4H3,(H,21,22,24)/t14-,15+,16-,20?/m0/s1. The van der Waals surface area contributed by atoms with Crippen LogP contribution in [0.15, 0.2) is 12.7 Å². The molecule has 10 heteroatoms. The SMILES string of the molecule is CCCCN(C)C(=O)[C@H]1OC(n2cnc3c(NC(CC)CC)ncnc32)[C@H](O)[C@@H]1O. The molecule has 0 radical (unpaired) electrons. The number of hydrogen-bond acceptors (Lipinski definition) is 8. The number of anilines is 1. The summed E-state index contributed by atoms with van der Waals surface area (Å²) in [4.78, 5) is 27.2. The van der Waals surface area contributed by atoms with Gasteiger partial charge in [0.1, 0.15) is 18.5 Å². The average molecular weight is 421 g/mol. The maximum Gasteiger partial charge on any atom is 0.254 e. The van der Waals surface area contributed by atoms with E-state index in [0.29, 0.717) is 23.5 Å². The largest absolute Gasteiger partial charge is 0.387 e. The maximum absolute atomic E-state index is 12.7. The number of ether oxygens (including phenoxy) is 1. The highest BCUT2D eigenvalue weighted by atomic mass is 16.6. The molecule has 10 nitrogen and oxygen atoms in total. The van der Waals surface area contributed by atoms with E-state index in [9.17, 15) is 15.0 Å². The third-order valence-electron chi connectivity index (χ3n) is 5.66. The van der Waals surface area contributed by atoms with E-state index < -0.39 is 24.5 Å². The van der Waals surface area contributed by atoms with Crippen LogP contribution in [0.2, 0.25) is 0 Å². The van der Waals surface area contributed by atoms with Crippen LogP contribution in [0.1, 0.15) is 52.7 Å². The summed E-state index contributed by atoms with van der Waals surface area (Å²) in [5.41, 5.74) is 1.01. The van der Waals surface area contributed by atoms with E-state index in [0.717, 1.165) is 25.7 Å². The predicted octanol–water partition coefficient (Wildman–Crippen LogP) is 1.30. The average Bonchev–Trinajstić information content (AvgIpc) is 3.31. The van der Waals surface area contributed by atoms with Gasteiger partial charge < -0.3 is 25.2 Å². The van der Waals surface area contributed by atoms with Crippen molar-refractivity contribution in [2.75, 3.05) is 18.9 Å². The quantitative estimate of drug-likeness (QED) is 0.554. The second-order valence-corrected chi connectivity index (χ2v) is 7.75. The van der Waals surface area contributed by atoms with Crippen LogP contribution in [0.3, 0.4) is 0 Å². The van der Waals surface area contributed by atoms with Crippen LogP contribution in [0.25, 0.3) is 11.2 Å². The van der Waals surface area contributed by atoms with Gasteiger partial charge in [0, 0.05) is 19.6 Å². The minimum atomic E-state index is -1.34. The van der Waals surface area contributed by atoms with Gasteiger partial charge in [-0.25, -0.2) is 15.0 Å². The maximum atomic E-state index is 12.7. The Balaban J connectivity index is 1.84. The van der Waals surface area contributed by atoms with Crippen molar-refractivity contribution in [2.24, 2.45) is 0 Å². The van der Waals surface area contributed by atoms with Crippen LogP contribution >= 0.6 is 0 Å². The van der Waals surface area contributed by atoms with E-state index >= 15 is 0 Å². The Labute approximate surface area is 176 Å². The summed E-state index contributed by atoms with van der Waals surface area (Å²) in [6.45, 7) is 6.79. The fourth-order valence-corrected chi connectivity index (χ4v) is 3.65. The van der Waals surface area contributed by atoms with Crippen LogP contribution in [-0.2, 0) is 9.53 Å². The summed E-state index contributed by atoms with van der Waals surface area (Å²) < 4.78 is 7.36. The topological polar surface area (TPSA) is 126 Å². The van der Waals surface area contributed by atoms with E-state index in [1.165, 1.54) is 17.6 Å². The summed E-state index contributed by atoms with van der Waals surface area (Å²) >= 11 is 0. The minimum absolute atomic E-state index is 0.254. The molecule has 0 aliphatic carbocycles. The molecule has 0 spiro atoms. The van der Waals surface area contributed by atoms with Crippen molar-refractivity contribution in [3.63, 3.8) is 0 Å². The highest BCUT2D eigenvalue weighted by molar-refractivity contribution is 5.83. The van der Waals surface area contributed by atoms with Crippen molar-refractivity contribution in [1.29, 1.82) is 0 Å². The zero-order valence-electron chi connectivity index (χ0n) is 18.0. The second-order valence-electron chi connectivity index (χ2n) is 7.75. The molecule has 0 saturated carbocycles. The van der Waals surface area contributed by atoms with Crippen molar-refractivity contribution in [3.8, 4) is 0 Å². The molecule has 1 amide bonds. The van der Waals surface area contributed by atoms with Crippen molar-refractivity contribution < 1.29 is 19.7 Å². The molecule has 1 unspecified atom stereocenters. The third kappa shape index (κ3) is 4.26. The van der Waals surface area contributed by atoms with E-state index in [1.54, 1.807) is 11.6 Å². The van der Waals surface area contributed by atoms with Gasteiger partial charge in [0.25, 0.3) is 5.91 Å². The number of likely N-dealkylation sites (N-methyl/N-ethyl adjacent to an activating group) is 1. The molecule has 4 atom stereocenters. The lowest BCUT2D eigenvalue weighted by atomic mass is 10.1. The first-order chi connectivity index (χ1) is 14.4. The van der Waals surface area contributed by atoms with Gasteiger partial charge in [0.2, 0.25) is 0 Å². The Morgan fingerprint density at radius 3 is 2.63 bits per heavy atom. The number of carbonyl (C=O) groups is 1. The van der Waals surface area contributed by atoms with Gasteiger partial charge in [0.05, 0.1) is 6.33 Å². The van der Waals surface area contributed by atoms with Crippen LogP contribution in [0.4, 0.5) is 5.82 Å². The zero-order chi connectivity index (χ0) is 21.8. The van der Waals surface area contributed by atoms with Gasteiger partial charge in [-0.1, -0.05) is 27.2 Å². The van der Waals surface area contributed by atoms with Gasteiger partial charge in [-0.3, -0.25) is 9.36 Å².